The standard InChI is InChI=1S/C57H34N4OS/c1-2-17-35(18-3-1)37-19-4-6-25-44(37)55-58-56(60-57(59-55)46-28-16-27-43-41-23-10-14-31-51(41)62-53(43)46)45-26-7-5-20-38(45)47-33-36(34-48-42-24-11-15-32-52(42)63-54(47)48)61-49-29-12-8-21-39(49)40-22-9-13-30-50(40)61/h1-34H. The number of hydrogen-bond donors (Lipinski definition) is 0. The predicted octanol–water partition coefficient (Wildman–Crippen LogP) is 15.6. The number of hydrogen-bond acceptors (Lipinski definition) is 5. The van der Waals surface area contributed by atoms with Gasteiger partial charge in [0.05, 0.1) is 16.6 Å². The molecule has 0 saturated heterocycles. The molecule has 0 N–H and O–H groups in total. The van der Waals surface area contributed by atoms with Gasteiger partial charge in [0, 0.05) is 64.1 Å². The van der Waals surface area contributed by atoms with Crippen molar-refractivity contribution in [1.29, 1.82) is 0 Å². The quantitative estimate of drug-likeness (QED) is 0.168. The fraction of sp³-hybridized carbons (Fsp3) is 0. The molecule has 0 atom stereocenters. The van der Waals surface area contributed by atoms with E-state index >= 15 is 0 Å². The molecule has 13 rings (SSSR count). The van der Waals surface area contributed by atoms with E-state index in [0.717, 1.165) is 66.6 Å². The first-order valence-corrected chi connectivity index (χ1v) is 21.9. The third-order valence-corrected chi connectivity index (χ3v) is 13.5. The van der Waals surface area contributed by atoms with E-state index in [1.54, 1.807) is 0 Å². The number of para-hydroxylation sites is 4. The van der Waals surface area contributed by atoms with Crippen LogP contribution in [0.5, 0.6) is 0 Å². The Bertz CT molecular complexity index is 3880. The van der Waals surface area contributed by atoms with E-state index in [1.165, 1.54) is 42.0 Å². The van der Waals surface area contributed by atoms with Gasteiger partial charge in [-0.1, -0.05) is 164 Å². The van der Waals surface area contributed by atoms with Crippen LogP contribution in [0.15, 0.2) is 211 Å². The first-order chi connectivity index (χ1) is 31.2. The molecular formula is C57H34N4OS. The van der Waals surface area contributed by atoms with Crippen molar-refractivity contribution in [2.45, 2.75) is 0 Å². The van der Waals surface area contributed by atoms with Gasteiger partial charge in [-0.3, -0.25) is 0 Å². The summed E-state index contributed by atoms with van der Waals surface area (Å²) in [5.41, 5.74) is 11.9. The zero-order valence-electron chi connectivity index (χ0n) is 33.7. The SMILES string of the molecule is c1ccc(-c2ccccc2-c2nc(-c3ccccc3-c3cc(-n4c5ccccc5c5ccccc54)cc4c3sc3ccccc34)nc(-c3cccc4c3oc3ccccc34)n2)cc1. The molecule has 0 aliphatic carbocycles. The maximum atomic E-state index is 6.60. The van der Waals surface area contributed by atoms with Gasteiger partial charge in [-0.05, 0) is 59.2 Å². The highest BCUT2D eigenvalue weighted by Crippen LogP contribution is 2.46. The Morgan fingerprint density at radius 2 is 0.889 bits per heavy atom. The van der Waals surface area contributed by atoms with Gasteiger partial charge in [0.25, 0.3) is 0 Å². The van der Waals surface area contributed by atoms with Gasteiger partial charge in [-0.25, -0.2) is 15.0 Å². The Labute approximate surface area is 365 Å². The molecule has 0 aliphatic heterocycles. The van der Waals surface area contributed by atoms with Crippen LogP contribution in [0.1, 0.15) is 0 Å². The smallest absolute Gasteiger partial charge is 0.167 e. The summed E-state index contributed by atoms with van der Waals surface area (Å²) in [5.74, 6) is 1.71. The van der Waals surface area contributed by atoms with E-state index in [1.807, 2.05) is 35.6 Å². The molecule has 5 nitrogen and oxygen atoms in total. The minimum absolute atomic E-state index is 0.545. The van der Waals surface area contributed by atoms with Gasteiger partial charge in [-0.2, -0.15) is 0 Å². The van der Waals surface area contributed by atoms with Gasteiger partial charge in [0.1, 0.15) is 11.2 Å². The molecule has 63 heavy (non-hydrogen) atoms. The molecule has 0 unspecified atom stereocenters. The molecule has 0 amide bonds. The van der Waals surface area contributed by atoms with Gasteiger partial charge in [-0.15, -0.1) is 11.3 Å². The number of aromatic nitrogens is 4. The van der Waals surface area contributed by atoms with Crippen molar-refractivity contribution < 1.29 is 4.42 Å². The summed E-state index contributed by atoms with van der Waals surface area (Å²) in [4.78, 5) is 16.1. The lowest BCUT2D eigenvalue weighted by atomic mass is 9.96. The van der Waals surface area contributed by atoms with Crippen LogP contribution < -0.4 is 0 Å². The first-order valence-electron chi connectivity index (χ1n) is 21.1. The summed E-state index contributed by atoms with van der Waals surface area (Å²) in [6.07, 6.45) is 0. The zero-order chi connectivity index (χ0) is 41.4. The molecule has 0 saturated carbocycles. The van der Waals surface area contributed by atoms with Crippen LogP contribution in [-0.2, 0) is 0 Å². The van der Waals surface area contributed by atoms with E-state index < -0.39 is 0 Å². The van der Waals surface area contributed by atoms with Crippen molar-refractivity contribution >= 4 is 75.3 Å². The molecule has 294 valence electrons. The zero-order valence-corrected chi connectivity index (χ0v) is 34.6. The van der Waals surface area contributed by atoms with E-state index in [2.05, 4.69) is 187 Å². The van der Waals surface area contributed by atoms with Crippen LogP contribution in [0.2, 0.25) is 0 Å². The second kappa shape index (κ2) is 14.2. The molecule has 0 spiro atoms. The minimum Gasteiger partial charge on any atom is -0.455 e. The Kier molecular flexibility index (Phi) is 8.01. The summed E-state index contributed by atoms with van der Waals surface area (Å²) < 4.78 is 11.5. The minimum atomic E-state index is 0.545. The van der Waals surface area contributed by atoms with Crippen molar-refractivity contribution in [1.82, 2.24) is 19.5 Å². The Morgan fingerprint density at radius 3 is 1.62 bits per heavy atom. The summed E-state index contributed by atoms with van der Waals surface area (Å²) in [6.45, 7) is 0. The lowest BCUT2D eigenvalue weighted by Gasteiger charge is -2.16. The average Bonchev–Trinajstić information content (AvgIpc) is 4.04. The largest absolute Gasteiger partial charge is 0.455 e. The predicted molar refractivity (Wildman–Crippen MR) is 262 cm³/mol. The molecule has 0 fully saturated rings. The van der Waals surface area contributed by atoms with E-state index in [4.69, 9.17) is 19.4 Å². The molecule has 0 radical (unpaired) electrons. The highest BCUT2D eigenvalue weighted by Gasteiger charge is 2.23. The second-order valence-electron chi connectivity index (χ2n) is 15.9. The highest BCUT2D eigenvalue weighted by atomic mass is 32.1. The Balaban J connectivity index is 1.10. The van der Waals surface area contributed by atoms with Crippen molar-refractivity contribution in [2.24, 2.45) is 0 Å². The summed E-state index contributed by atoms with van der Waals surface area (Å²) in [6, 6.07) is 72.6. The lowest BCUT2D eigenvalue weighted by molar-refractivity contribution is 0.669. The number of thiophene rings is 1. The number of fused-ring (bicyclic) bond motifs is 9. The van der Waals surface area contributed by atoms with E-state index in [0.29, 0.717) is 17.5 Å². The number of benzene rings is 9. The van der Waals surface area contributed by atoms with Crippen LogP contribution in [-0.4, -0.2) is 19.5 Å². The summed E-state index contributed by atoms with van der Waals surface area (Å²) in [7, 11) is 0. The van der Waals surface area contributed by atoms with Crippen molar-refractivity contribution in [2.75, 3.05) is 0 Å². The van der Waals surface area contributed by atoms with Crippen molar-refractivity contribution in [3.05, 3.63) is 206 Å². The van der Waals surface area contributed by atoms with Crippen LogP contribution in [0.3, 0.4) is 0 Å². The molecule has 9 aromatic carbocycles. The van der Waals surface area contributed by atoms with Gasteiger partial charge in [0.15, 0.2) is 17.5 Å². The molecule has 6 heteroatoms. The molecule has 4 aromatic heterocycles. The third kappa shape index (κ3) is 5.66. The third-order valence-electron chi connectivity index (χ3n) is 12.3. The molecule has 0 bridgehead atoms. The highest BCUT2D eigenvalue weighted by molar-refractivity contribution is 7.26. The second-order valence-corrected chi connectivity index (χ2v) is 16.9. The lowest BCUT2D eigenvalue weighted by Crippen LogP contribution is -2.02. The van der Waals surface area contributed by atoms with Gasteiger partial charge >= 0.3 is 0 Å². The maximum absolute atomic E-state index is 6.60. The first kappa shape index (κ1) is 35.6. The maximum Gasteiger partial charge on any atom is 0.167 e. The van der Waals surface area contributed by atoms with Crippen LogP contribution in [0, 0.1) is 0 Å². The number of rotatable bonds is 6. The van der Waals surface area contributed by atoms with Gasteiger partial charge in [0.2, 0.25) is 0 Å². The van der Waals surface area contributed by atoms with Crippen LogP contribution >= 0.6 is 11.3 Å². The van der Waals surface area contributed by atoms with Gasteiger partial charge < -0.3 is 8.98 Å². The fourth-order valence-corrected chi connectivity index (χ4v) is 10.7. The fourth-order valence-electron chi connectivity index (χ4n) is 9.46. The van der Waals surface area contributed by atoms with Crippen LogP contribution in [0.25, 0.3) is 126 Å². The average molecular weight is 823 g/mol. The van der Waals surface area contributed by atoms with Crippen molar-refractivity contribution in [3.63, 3.8) is 0 Å². The molecule has 0 aliphatic rings. The molecule has 13 aromatic rings. The van der Waals surface area contributed by atoms with Crippen molar-refractivity contribution in [3.8, 4) is 62.1 Å². The van der Waals surface area contributed by atoms with E-state index in [9.17, 15) is 0 Å². The Morgan fingerprint density at radius 1 is 0.365 bits per heavy atom. The number of nitrogens with zero attached hydrogens (tertiary/aromatic N) is 4. The Hall–Kier alpha value is -8.19. The number of furan rings is 1. The molecular weight excluding hydrogens is 789 g/mol. The summed E-state index contributed by atoms with van der Waals surface area (Å²) >= 11 is 1.83. The van der Waals surface area contributed by atoms with E-state index in [-0.39, 0.29) is 0 Å². The van der Waals surface area contributed by atoms with Crippen LogP contribution in [0.4, 0.5) is 0 Å². The topological polar surface area (TPSA) is 56.7 Å². The normalized spacial score (nSPS) is 11.8. The molecule has 4 heterocycles. The monoisotopic (exact) mass is 822 g/mol. The summed E-state index contributed by atoms with van der Waals surface area (Å²) in [5, 5.41) is 6.98.